The van der Waals surface area contributed by atoms with Crippen LogP contribution in [0.4, 0.5) is 19.3 Å². The predicted molar refractivity (Wildman–Crippen MR) is 66.4 cm³/mol. The monoisotopic (exact) mass is 274 g/mol. The summed E-state index contributed by atoms with van der Waals surface area (Å²) in [4.78, 5) is 11.5. The van der Waals surface area contributed by atoms with Crippen LogP contribution in [0.5, 0.6) is 5.75 Å². The number of halogens is 2. The summed E-state index contributed by atoms with van der Waals surface area (Å²) in [6.45, 7) is -1.08. The first-order valence-electron chi connectivity index (χ1n) is 5.76. The molecule has 0 radical (unpaired) electrons. The molecule has 5 nitrogen and oxygen atoms in total. The lowest BCUT2D eigenvalue weighted by Gasteiger charge is -2.12. The number of nitrogens with one attached hydrogen (secondary N) is 2. The summed E-state index contributed by atoms with van der Waals surface area (Å²) < 4.78 is 28.6. The highest BCUT2D eigenvalue weighted by Crippen LogP contribution is 2.25. The Bertz CT molecular complexity index is 414. The highest BCUT2D eigenvalue weighted by atomic mass is 19.3. The summed E-state index contributed by atoms with van der Waals surface area (Å²) in [5.41, 5.74) is 0.150. The lowest BCUT2D eigenvalue weighted by molar-refractivity contribution is -0.0493. The number of amides is 2. The van der Waals surface area contributed by atoms with Gasteiger partial charge in [-0.3, -0.25) is 0 Å². The van der Waals surface area contributed by atoms with E-state index in [4.69, 9.17) is 5.11 Å². The van der Waals surface area contributed by atoms with E-state index in [2.05, 4.69) is 15.4 Å². The van der Waals surface area contributed by atoms with Gasteiger partial charge in [0, 0.05) is 6.54 Å². The van der Waals surface area contributed by atoms with E-state index >= 15 is 0 Å². The third kappa shape index (κ3) is 6.01. The average Bonchev–Trinajstić information content (AvgIpc) is 2.30. The fourth-order valence-corrected chi connectivity index (χ4v) is 1.33. The highest BCUT2D eigenvalue weighted by Gasteiger charge is 2.11. The fraction of sp³-hybridized carbons (Fsp3) is 0.417. The summed E-state index contributed by atoms with van der Waals surface area (Å²) in [5, 5.41) is 13.9. The van der Waals surface area contributed by atoms with E-state index < -0.39 is 18.7 Å². The van der Waals surface area contributed by atoms with Gasteiger partial charge in [0.1, 0.15) is 5.75 Å². The van der Waals surface area contributed by atoms with Crippen LogP contribution in [-0.4, -0.2) is 30.4 Å². The van der Waals surface area contributed by atoms with Crippen molar-refractivity contribution in [1.29, 1.82) is 0 Å². The molecular formula is C12H16F2N2O3. The van der Waals surface area contributed by atoms with E-state index in [1.807, 2.05) is 0 Å². The zero-order valence-corrected chi connectivity index (χ0v) is 10.4. The van der Waals surface area contributed by atoms with Crippen LogP contribution in [-0.2, 0) is 0 Å². The molecule has 106 valence electrons. The molecule has 19 heavy (non-hydrogen) atoms. The van der Waals surface area contributed by atoms with Crippen LogP contribution in [0.15, 0.2) is 24.3 Å². The average molecular weight is 274 g/mol. The van der Waals surface area contributed by atoms with Gasteiger partial charge in [-0.1, -0.05) is 12.1 Å². The highest BCUT2D eigenvalue weighted by molar-refractivity contribution is 5.90. The molecule has 0 aliphatic heterocycles. The normalized spacial score (nSPS) is 12.1. The first kappa shape index (κ1) is 15.2. The van der Waals surface area contributed by atoms with Crippen molar-refractivity contribution >= 4 is 11.7 Å². The number of benzene rings is 1. The van der Waals surface area contributed by atoms with Gasteiger partial charge in [0.2, 0.25) is 0 Å². The molecule has 0 fully saturated rings. The summed E-state index contributed by atoms with van der Waals surface area (Å²) >= 11 is 0. The summed E-state index contributed by atoms with van der Waals surface area (Å²) in [5.74, 6) is -0.108. The molecule has 0 spiro atoms. The summed E-state index contributed by atoms with van der Waals surface area (Å²) in [6, 6.07) is 5.34. The smallest absolute Gasteiger partial charge is 0.387 e. The van der Waals surface area contributed by atoms with Gasteiger partial charge in [0.15, 0.2) is 0 Å². The third-order valence-electron chi connectivity index (χ3n) is 2.20. The SMILES string of the molecule is CC(O)CCNC(=O)Nc1ccccc1OC(F)F. The predicted octanol–water partition coefficient (Wildman–Crippen LogP) is 2.18. The molecule has 3 N–H and O–H groups in total. The quantitative estimate of drug-likeness (QED) is 0.744. The Morgan fingerprint density at radius 3 is 2.74 bits per heavy atom. The zero-order chi connectivity index (χ0) is 14.3. The Kier molecular flexibility index (Phi) is 6.01. The van der Waals surface area contributed by atoms with Gasteiger partial charge in [0.25, 0.3) is 0 Å². The molecule has 1 rings (SSSR count). The molecule has 1 unspecified atom stereocenters. The maximum atomic E-state index is 12.2. The number of urea groups is 1. The van der Waals surface area contributed by atoms with Crippen LogP contribution in [0.1, 0.15) is 13.3 Å². The molecule has 1 aromatic rings. The van der Waals surface area contributed by atoms with Crippen molar-refractivity contribution in [2.45, 2.75) is 26.1 Å². The number of aliphatic hydroxyl groups is 1. The van der Waals surface area contributed by atoms with Gasteiger partial charge < -0.3 is 20.5 Å². The van der Waals surface area contributed by atoms with E-state index in [9.17, 15) is 13.6 Å². The first-order chi connectivity index (χ1) is 8.99. The minimum Gasteiger partial charge on any atom is -0.433 e. The minimum absolute atomic E-state index is 0.108. The van der Waals surface area contributed by atoms with Gasteiger partial charge >= 0.3 is 12.6 Å². The number of anilines is 1. The second-order valence-corrected chi connectivity index (χ2v) is 3.89. The second kappa shape index (κ2) is 7.52. The Balaban J connectivity index is 2.53. The number of carbonyl (C=O) groups excluding carboxylic acids is 1. The first-order valence-corrected chi connectivity index (χ1v) is 5.76. The minimum atomic E-state index is -2.96. The van der Waals surface area contributed by atoms with Crippen LogP contribution in [0.3, 0.4) is 0 Å². The molecule has 0 aliphatic carbocycles. The lowest BCUT2D eigenvalue weighted by atomic mass is 10.3. The maximum Gasteiger partial charge on any atom is 0.387 e. The molecule has 0 saturated carbocycles. The number of hydrogen-bond donors (Lipinski definition) is 3. The molecule has 0 saturated heterocycles. The standard InChI is InChI=1S/C12H16F2N2O3/c1-8(17)6-7-15-12(18)16-9-4-2-3-5-10(9)19-11(13)14/h2-5,8,11,17H,6-7H2,1H3,(H2,15,16,18). The summed E-state index contributed by atoms with van der Waals surface area (Å²) in [7, 11) is 0. The Morgan fingerprint density at radius 2 is 2.11 bits per heavy atom. The number of rotatable bonds is 6. The third-order valence-corrected chi connectivity index (χ3v) is 2.20. The van der Waals surface area contributed by atoms with E-state index in [-0.39, 0.29) is 18.0 Å². The largest absolute Gasteiger partial charge is 0.433 e. The van der Waals surface area contributed by atoms with Crippen LogP contribution in [0.2, 0.25) is 0 Å². The van der Waals surface area contributed by atoms with Crippen molar-refractivity contribution in [3.8, 4) is 5.75 Å². The molecule has 2 amide bonds. The van der Waals surface area contributed by atoms with Crippen molar-refractivity contribution in [2.24, 2.45) is 0 Å². The van der Waals surface area contributed by atoms with Gasteiger partial charge in [0.05, 0.1) is 11.8 Å². The lowest BCUT2D eigenvalue weighted by Crippen LogP contribution is -2.31. The van der Waals surface area contributed by atoms with Crippen molar-refractivity contribution in [1.82, 2.24) is 5.32 Å². The van der Waals surface area contributed by atoms with Crippen molar-refractivity contribution < 1.29 is 23.4 Å². The molecule has 1 aromatic carbocycles. The van der Waals surface area contributed by atoms with Crippen LogP contribution < -0.4 is 15.4 Å². The number of carbonyl (C=O) groups is 1. The number of alkyl halides is 2. The molecular weight excluding hydrogens is 258 g/mol. The molecule has 0 heterocycles. The fourth-order valence-electron chi connectivity index (χ4n) is 1.33. The van der Waals surface area contributed by atoms with Gasteiger partial charge in [-0.15, -0.1) is 0 Å². The summed E-state index contributed by atoms with van der Waals surface area (Å²) in [6.07, 6.45) is -0.113. The van der Waals surface area contributed by atoms with E-state index in [1.165, 1.54) is 18.2 Å². The van der Waals surface area contributed by atoms with Crippen molar-refractivity contribution in [3.63, 3.8) is 0 Å². The van der Waals surface area contributed by atoms with E-state index in [0.717, 1.165) is 0 Å². The van der Waals surface area contributed by atoms with Crippen molar-refractivity contribution in [2.75, 3.05) is 11.9 Å². The number of hydrogen-bond acceptors (Lipinski definition) is 3. The maximum absolute atomic E-state index is 12.2. The van der Waals surface area contributed by atoms with Gasteiger partial charge in [-0.25, -0.2) is 4.79 Å². The molecule has 1 atom stereocenters. The Labute approximate surface area is 109 Å². The topological polar surface area (TPSA) is 70.6 Å². The van der Waals surface area contributed by atoms with E-state index in [0.29, 0.717) is 6.42 Å². The number of para-hydroxylation sites is 2. The van der Waals surface area contributed by atoms with Crippen LogP contribution in [0.25, 0.3) is 0 Å². The van der Waals surface area contributed by atoms with Crippen LogP contribution in [0, 0.1) is 0 Å². The Morgan fingerprint density at radius 1 is 1.42 bits per heavy atom. The zero-order valence-electron chi connectivity index (χ0n) is 10.4. The molecule has 7 heteroatoms. The van der Waals surface area contributed by atoms with Gasteiger partial charge in [-0.2, -0.15) is 8.78 Å². The van der Waals surface area contributed by atoms with Crippen LogP contribution >= 0.6 is 0 Å². The molecule has 0 aromatic heterocycles. The molecule has 0 aliphatic rings. The Hall–Kier alpha value is -1.89. The van der Waals surface area contributed by atoms with E-state index in [1.54, 1.807) is 13.0 Å². The molecule has 0 bridgehead atoms. The number of aliphatic hydroxyl groups excluding tert-OH is 1. The van der Waals surface area contributed by atoms with Gasteiger partial charge in [-0.05, 0) is 25.5 Å². The second-order valence-electron chi connectivity index (χ2n) is 3.89. The number of ether oxygens (including phenoxy) is 1. The van der Waals surface area contributed by atoms with Crippen molar-refractivity contribution in [3.05, 3.63) is 24.3 Å².